The molecule has 0 aliphatic rings. The standard InChI is InChI=1S/C16H16BrNO4/c1-20-11-5-7-15(22-3)13(9-11)18-16(19)10-4-6-14(21-2)12(17)8-10/h4-9H,1-3H3,(H,18,19). The van der Waals surface area contributed by atoms with E-state index in [1.165, 1.54) is 0 Å². The summed E-state index contributed by atoms with van der Waals surface area (Å²) in [6.45, 7) is 0. The van der Waals surface area contributed by atoms with E-state index >= 15 is 0 Å². The van der Waals surface area contributed by atoms with Crippen LogP contribution in [0.4, 0.5) is 5.69 Å². The molecule has 0 aliphatic heterocycles. The summed E-state index contributed by atoms with van der Waals surface area (Å²) in [5.74, 6) is 1.60. The van der Waals surface area contributed by atoms with E-state index in [1.54, 1.807) is 57.7 Å². The molecular formula is C16H16BrNO4. The van der Waals surface area contributed by atoms with Crippen LogP contribution in [0.1, 0.15) is 10.4 Å². The molecule has 0 saturated heterocycles. The van der Waals surface area contributed by atoms with E-state index in [-0.39, 0.29) is 5.91 Å². The number of halogens is 1. The van der Waals surface area contributed by atoms with E-state index in [0.717, 1.165) is 0 Å². The van der Waals surface area contributed by atoms with E-state index in [4.69, 9.17) is 14.2 Å². The van der Waals surface area contributed by atoms with Crippen molar-refractivity contribution in [1.82, 2.24) is 0 Å². The molecule has 0 saturated carbocycles. The van der Waals surface area contributed by atoms with Crippen LogP contribution in [-0.2, 0) is 0 Å². The molecule has 0 bridgehead atoms. The quantitative estimate of drug-likeness (QED) is 0.876. The summed E-state index contributed by atoms with van der Waals surface area (Å²) in [5, 5.41) is 2.81. The summed E-state index contributed by atoms with van der Waals surface area (Å²) in [5.41, 5.74) is 1.04. The lowest BCUT2D eigenvalue weighted by Gasteiger charge is -2.12. The Hall–Kier alpha value is -2.21. The van der Waals surface area contributed by atoms with Crippen molar-refractivity contribution in [1.29, 1.82) is 0 Å². The largest absolute Gasteiger partial charge is 0.497 e. The molecule has 0 atom stereocenters. The number of hydrogen-bond acceptors (Lipinski definition) is 4. The number of anilines is 1. The van der Waals surface area contributed by atoms with Crippen LogP contribution in [0.5, 0.6) is 17.2 Å². The fourth-order valence-electron chi connectivity index (χ4n) is 1.91. The van der Waals surface area contributed by atoms with E-state index in [1.807, 2.05) is 0 Å². The van der Waals surface area contributed by atoms with Crippen LogP contribution in [0.3, 0.4) is 0 Å². The van der Waals surface area contributed by atoms with Gasteiger partial charge in [0.2, 0.25) is 0 Å². The third-order valence-corrected chi connectivity index (χ3v) is 3.69. The molecule has 0 unspecified atom stereocenters. The molecule has 2 aromatic carbocycles. The van der Waals surface area contributed by atoms with Gasteiger partial charge in [0.1, 0.15) is 17.2 Å². The number of rotatable bonds is 5. The minimum Gasteiger partial charge on any atom is -0.497 e. The fourth-order valence-corrected chi connectivity index (χ4v) is 2.45. The summed E-state index contributed by atoms with van der Waals surface area (Å²) < 4.78 is 16.3. The number of carbonyl (C=O) groups excluding carboxylic acids is 1. The molecule has 0 aromatic heterocycles. The van der Waals surface area contributed by atoms with E-state index in [0.29, 0.717) is 33.0 Å². The highest BCUT2D eigenvalue weighted by Gasteiger charge is 2.12. The van der Waals surface area contributed by atoms with Gasteiger partial charge in [-0.3, -0.25) is 4.79 Å². The molecule has 0 fully saturated rings. The Balaban J connectivity index is 2.26. The van der Waals surface area contributed by atoms with Gasteiger partial charge in [0.15, 0.2) is 0 Å². The van der Waals surface area contributed by atoms with Crippen molar-refractivity contribution in [2.75, 3.05) is 26.6 Å². The minimum absolute atomic E-state index is 0.255. The lowest BCUT2D eigenvalue weighted by Crippen LogP contribution is -2.12. The second kappa shape index (κ2) is 7.17. The Labute approximate surface area is 137 Å². The lowest BCUT2D eigenvalue weighted by atomic mass is 10.2. The highest BCUT2D eigenvalue weighted by molar-refractivity contribution is 9.10. The molecule has 6 heteroatoms. The molecule has 2 aromatic rings. The van der Waals surface area contributed by atoms with Gasteiger partial charge in [-0.15, -0.1) is 0 Å². The van der Waals surface area contributed by atoms with Crippen molar-refractivity contribution in [3.63, 3.8) is 0 Å². The van der Waals surface area contributed by atoms with Crippen molar-refractivity contribution >= 4 is 27.5 Å². The zero-order valence-corrected chi connectivity index (χ0v) is 14.1. The number of ether oxygens (including phenoxy) is 3. The summed E-state index contributed by atoms with van der Waals surface area (Å²) >= 11 is 3.36. The molecule has 5 nitrogen and oxygen atoms in total. The Morgan fingerprint density at radius 2 is 1.64 bits per heavy atom. The van der Waals surface area contributed by atoms with Gasteiger partial charge in [-0.25, -0.2) is 0 Å². The number of methoxy groups -OCH3 is 3. The predicted octanol–water partition coefficient (Wildman–Crippen LogP) is 3.73. The van der Waals surface area contributed by atoms with Gasteiger partial charge in [0.05, 0.1) is 31.5 Å². The van der Waals surface area contributed by atoms with E-state index < -0.39 is 0 Å². The van der Waals surface area contributed by atoms with Gasteiger partial charge >= 0.3 is 0 Å². The highest BCUT2D eigenvalue weighted by atomic mass is 79.9. The van der Waals surface area contributed by atoms with Crippen LogP contribution in [-0.4, -0.2) is 27.2 Å². The molecule has 0 radical (unpaired) electrons. The number of amides is 1. The van der Waals surface area contributed by atoms with Crippen molar-refractivity contribution in [3.05, 3.63) is 46.4 Å². The van der Waals surface area contributed by atoms with Crippen LogP contribution in [0.25, 0.3) is 0 Å². The number of hydrogen-bond donors (Lipinski definition) is 1. The molecule has 1 N–H and O–H groups in total. The molecular weight excluding hydrogens is 350 g/mol. The van der Waals surface area contributed by atoms with Crippen LogP contribution >= 0.6 is 15.9 Å². The summed E-state index contributed by atoms with van der Waals surface area (Å²) in [4.78, 5) is 12.4. The normalized spacial score (nSPS) is 10.0. The second-order valence-electron chi connectivity index (χ2n) is 4.37. The predicted molar refractivity (Wildman–Crippen MR) is 88.2 cm³/mol. The SMILES string of the molecule is COc1ccc(OC)c(NC(=O)c2ccc(OC)c(Br)c2)c1. The monoisotopic (exact) mass is 365 g/mol. The van der Waals surface area contributed by atoms with Crippen molar-refractivity contribution in [2.45, 2.75) is 0 Å². The maximum absolute atomic E-state index is 12.4. The maximum Gasteiger partial charge on any atom is 0.255 e. The van der Waals surface area contributed by atoms with Crippen molar-refractivity contribution < 1.29 is 19.0 Å². The molecule has 2 rings (SSSR count). The molecule has 0 aliphatic carbocycles. The van der Waals surface area contributed by atoms with Crippen LogP contribution < -0.4 is 19.5 Å². The van der Waals surface area contributed by atoms with Gasteiger partial charge in [-0.05, 0) is 46.3 Å². The Morgan fingerprint density at radius 3 is 2.23 bits per heavy atom. The van der Waals surface area contributed by atoms with Gasteiger partial charge < -0.3 is 19.5 Å². The first-order valence-electron chi connectivity index (χ1n) is 6.46. The molecule has 0 heterocycles. The second-order valence-corrected chi connectivity index (χ2v) is 5.22. The first kappa shape index (κ1) is 16.2. The molecule has 22 heavy (non-hydrogen) atoms. The van der Waals surface area contributed by atoms with Gasteiger partial charge in [0, 0.05) is 11.6 Å². The van der Waals surface area contributed by atoms with Crippen molar-refractivity contribution in [2.24, 2.45) is 0 Å². The Bertz CT molecular complexity index is 688. The topological polar surface area (TPSA) is 56.8 Å². The van der Waals surface area contributed by atoms with Crippen molar-refractivity contribution in [3.8, 4) is 17.2 Å². The third-order valence-electron chi connectivity index (χ3n) is 3.07. The number of nitrogens with one attached hydrogen (secondary N) is 1. The molecule has 1 amide bonds. The highest BCUT2D eigenvalue weighted by Crippen LogP contribution is 2.30. The Morgan fingerprint density at radius 1 is 0.955 bits per heavy atom. The fraction of sp³-hybridized carbons (Fsp3) is 0.188. The van der Waals surface area contributed by atoms with Gasteiger partial charge in [-0.2, -0.15) is 0 Å². The van der Waals surface area contributed by atoms with Gasteiger partial charge in [-0.1, -0.05) is 0 Å². The zero-order chi connectivity index (χ0) is 16.1. The first-order chi connectivity index (χ1) is 10.6. The zero-order valence-electron chi connectivity index (χ0n) is 12.5. The summed E-state index contributed by atoms with van der Waals surface area (Å²) in [6, 6.07) is 10.3. The molecule has 116 valence electrons. The van der Waals surface area contributed by atoms with Crippen LogP contribution in [0.15, 0.2) is 40.9 Å². The minimum atomic E-state index is -0.255. The smallest absolute Gasteiger partial charge is 0.255 e. The van der Waals surface area contributed by atoms with E-state index in [2.05, 4.69) is 21.2 Å². The maximum atomic E-state index is 12.4. The van der Waals surface area contributed by atoms with Gasteiger partial charge in [0.25, 0.3) is 5.91 Å². The molecule has 0 spiro atoms. The first-order valence-corrected chi connectivity index (χ1v) is 7.25. The number of benzene rings is 2. The van der Waals surface area contributed by atoms with Crippen LogP contribution in [0.2, 0.25) is 0 Å². The lowest BCUT2D eigenvalue weighted by molar-refractivity contribution is 0.102. The van der Waals surface area contributed by atoms with E-state index in [9.17, 15) is 4.79 Å². The average molecular weight is 366 g/mol. The Kier molecular flexibility index (Phi) is 5.27. The third kappa shape index (κ3) is 3.51. The number of carbonyl (C=O) groups is 1. The van der Waals surface area contributed by atoms with Crippen LogP contribution in [0, 0.1) is 0 Å². The summed E-state index contributed by atoms with van der Waals surface area (Å²) in [7, 11) is 4.68. The summed E-state index contributed by atoms with van der Waals surface area (Å²) in [6.07, 6.45) is 0. The average Bonchev–Trinajstić information content (AvgIpc) is 2.54.